The summed E-state index contributed by atoms with van der Waals surface area (Å²) in [6.07, 6.45) is 1.48. The largest absolute Gasteiger partial charge is 0.493 e. The Morgan fingerprint density at radius 3 is 2.61 bits per heavy atom. The number of hydrazone groups is 1. The molecule has 0 atom stereocenters. The molecule has 38 heavy (non-hydrogen) atoms. The number of aliphatic imine (C=N–C) groups is 1. The Balaban J connectivity index is 1.35. The van der Waals surface area contributed by atoms with Crippen molar-refractivity contribution in [3.63, 3.8) is 0 Å². The summed E-state index contributed by atoms with van der Waals surface area (Å²) in [5, 5.41) is 15.3. The van der Waals surface area contributed by atoms with Gasteiger partial charge >= 0.3 is 0 Å². The average molecular weight is 551 g/mol. The van der Waals surface area contributed by atoms with Gasteiger partial charge in [0.25, 0.3) is 5.91 Å². The van der Waals surface area contributed by atoms with Crippen LogP contribution in [0.25, 0.3) is 6.08 Å². The molecule has 2 aliphatic heterocycles. The van der Waals surface area contributed by atoms with Crippen LogP contribution in [0, 0.1) is 11.2 Å². The van der Waals surface area contributed by atoms with Crippen molar-refractivity contribution in [3.05, 3.63) is 94.3 Å². The van der Waals surface area contributed by atoms with Gasteiger partial charge in [0.05, 0.1) is 17.7 Å². The van der Waals surface area contributed by atoms with Crippen molar-refractivity contribution in [3.8, 4) is 17.2 Å². The Hall–Kier alpha value is -4.15. The predicted molar refractivity (Wildman–Crippen MR) is 146 cm³/mol. The molecule has 192 valence electrons. The molecule has 1 N–H and O–H groups in total. The lowest BCUT2D eigenvalue weighted by atomic mass is 10.1. The number of halogens is 2. The molecule has 8 nitrogen and oxygen atoms in total. The molecule has 11 heteroatoms. The monoisotopic (exact) mass is 550 g/mol. The van der Waals surface area contributed by atoms with Crippen molar-refractivity contribution in [2.45, 2.75) is 6.61 Å². The zero-order valence-corrected chi connectivity index (χ0v) is 21.6. The summed E-state index contributed by atoms with van der Waals surface area (Å²) in [5.74, 6) is 0.0989. The van der Waals surface area contributed by atoms with Crippen LogP contribution in [0.3, 0.4) is 0 Å². The maximum absolute atomic E-state index is 14.0. The molecular formula is C27H20ClFN4O4S. The minimum Gasteiger partial charge on any atom is -0.493 e. The first-order valence-electron chi connectivity index (χ1n) is 11.3. The van der Waals surface area contributed by atoms with Crippen molar-refractivity contribution in [1.29, 1.82) is 5.41 Å². The summed E-state index contributed by atoms with van der Waals surface area (Å²) in [7, 11) is 1.44. The minimum absolute atomic E-state index is 0.0291. The molecule has 0 unspecified atom stereocenters. The van der Waals surface area contributed by atoms with Gasteiger partial charge in [-0.05, 0) is 53.7 Å². The van der Waals surface area contributed by atoms with E-state index in [-0.39, 0.29) is 46.3 Å². The van der Waals surface area contributed by atoms with E-state index in [2.05, 4.69) is 10.1 Å². The topological polar surface area (TPSA) is 96.6 Å². The number of rotatable bonds is 8. The van der Waals surface area contributed by atoms with E-state index in [1.54, 1.807) is 30.3 Å². The maximum atomic E-state index is 14.0. The second kappa shape index (κ2) is 11.1. The molecule has 0 saturated heterocycles. The molecule has 3 aromatic carbocycles. The lowest BCUT2D eigenvalue weighted by molar-refractivity contribution is -0.114. The molecule has 0 saturated carbocycles. The fourth-order valence-corrected chi connectivity index (χ4v) is 4.72. The summed E-state index contributed by atoms with van der Waals surface area (Å²) in [5.41, 5.74) is 0.881. The van der Waals surface area contributed by atoms with Gasteiger partial charge in [0.2, 0.25) is 5.17 Å². The van der Waals surface area contributed by atoms with Crippen molar-refractivity contribution in [2.75, 3.05) is 13.7 Å². The van der Waals surface area contributed by atoms with Crippen LogP contribution in [0.4, 0.5) is 4.39 Å². The highest BCUT2D eigenvalue weighted by Crippen LogP contribution is 2.38. The summed E-state index contributed by atoms with van der Waals surface area (Å²) in [6, 6.07) is 18.7. The highest BCUT2D eigenvalue weighted by Gasteiger charge is 2.35. The van der Waals surface area contributed by atoms with Crippen molar-refractivity contribution < 1.29 is 23.4 Å². The zero-order chi connectivity index (χ0) is 26.6. The molecule has 0 bridgehead atoms. The Labute approximate surface area is 226 Å². The lowest BCUT2D eigenvalue weighted by Gasteiger charge is -2.20. The van der Waals surface area contributed by atoms with Gasteiger partial charge in [-0.3, -0.25) is 10.2 Å². The molecule has 2 heterocycles. The van der Waals surface area contributed by atoms with Crippen LogP contribution in [0.1, 0.15) is 11.1 Å². The van der Waals surface area contributed by atoms with Gasteiger partial charge < -0.3 is 14.2 Å². The van der Waals surface area contributed by atoms with Crippen LogP contribution in [-0.4, -0.2) is 40.7 Å². The third-order valence-corrected chi connectivity index (χ3v) is 6.66. The molecule has 0 radical (unpaired) electrons. The molecule has 1 amide bonds. The van der Waals surface area contributed by atoms with Crippen LogP contribution >= 0.6 is 23.4 Å². The van der Waals surface area contributed by atoms with E-state index in [0.717, 1.165) is 0 Å². The number of fused-ring (bicyclic) bond motifs is 1. The number of thioether (sulfide) groups is 1. The fourth-order valence-electron chi connectivity index (χ4n) is 3.65. The van der Waals surface area contributed by atoms with Crippen molar-refractivity contribution in [2.24, 2.45) is 10.1 Å². The van der Waals surface area contributed by atoms with Gasteiger partial charge in [-0.1, -0.05) is 48.0 Å². The number of hydrogen-bond donors (Lipinski definition) is 1. The molecule has 0 spiro atoms. The number of ether oxygens (including phenoxy) is 3. The van der Waals surface area contributed by atoms with E-state index in [4.69, 9.17) is 31.2 Å². The smallest absolute Gasteiger partial charge is 0.283 e. The number of methoxy groups -OCH3 is 1. The first kappa shape index (κ1) is 25.5. The summed E-state index contributed by atoms with van der Waals surface area (Å²) < 4.78 is 30.9. The van der Waals surface area contributed by atoms with Crippen LogP contribution in [0.5, 0.6) is 17.2 Å². The van der Waals surface area contributed by atoms with Gasteiger partial charge in [0, 0.05) is 5.56 Å². The van der Waals surface area contributed by atoms with Crippen LogP contribution in [0.2, 0.25) is 5.02 Å². The summed E-state index contributed by atoms with van der Waals surface area (Å²) in [4.78, 5) is 16.9. The van der Waals surface area contributed by atoms with Crippen LogP contribution in [0.15, 0.2) is 82.4 Å². The molecule has 0 aromatic heterocycles. The Kier molecular flexibility index (Phi) is 7.43. The first-order valence-corrected chi connectivity index (χ1v) is 12.5. The summed E-state index contributed by atoms with van der Waals surface area (Å²) in [6.45, 7) is 0.122. The maximum Gasteiger partial charge on any atom is 0.283 e. The van der Waals surface area contributed by atoms with E-state index in [1.165, 1.54) is 36.0 Å². The number of amidine groups is 2. The van der Waals surface area contributed by atoms with E-state index >= 15 is 0 Å². The second-order valence-corrected chi connectivity index (χ2v) is 9.48. The molecule has 5 rings (SSSR count). The normalized spacial score (nSPS) is 15.8. The molecule has 2 aliphatic rings. The van der Waals surface area contributed by atoms with E-state index in [1.807, 2.05) is 30.3 Å². The van der Waals surface area contributed by atoms with Crippen LogP contribution in [-0.2, 0) is 11.4 Å². The Morgan fingerprint density at radius 2 is 1.84 bits per heavy atom. The molecule has 3 aromatic rings. The van der Waals surface area contributed by atoms with Gasteiger partial charge in [0.15, 0.2) is 17.3 Å². The van der Waals surface area contributed by atoms with E-state index < -0.39 is 11.7 Å². The average Bonchev–Trinajstić information content (AvgIpc) is 3.33. The Morgan fingerprint density at radius 1 is 1.08 bits per heavy atom. The number of amides is 1. The van der Waals surface area contributed by atoms with Crippen molar-refractivity contribution >= 4 is 51.4 Å². The second-order valence-electron chi connectivity index (χ2n) is 8.03. The number of nitrogens with zero attached hydrogens (tertiary/aromatic N) is 3. The minimum atomic E-state index is -0.579. The van der Waals surface area contributed by atoms with Gasteiger partial charge in [-0.15, -0.1) is 0 Å². The van der Waals surface area contributed by atoms with E-state index in [9.17, 15) is 9.18 Å². The van der Waals surface area contributed by atoms with E-state index in [0.29, 0.717) is 21.9 Å². The van der Waals surface area contributed by atoms with Gasteiger partial charge in [-0.25, -0.2) is 4.39 Å². The van der Waals surface area contributed by atoms with Crippen LogP contribution < -0.4 is 14.2 Å². The number of benzene rings is 3. The highest BCUT2D eigenvalue weighted by molar-refractivity contribution is 8.27. The standard InChI is InChI=1S/C27H20ClFN4O4S/c1-35-22-13-16(12-20(28)24(22)37-14-17-7-5-6-10-21(17)29)11-19-25(30)33-27(31-26(19)34)38-23(32-33)15-36-18-8-3-2-4-9-18/h2-13,30H,14-15H2,1H3/b19-11-,30-25?. The third-order valence-electron chi connectivity index (χ3n) is 5.49. The molecular weight excluding hydrogens is 531 g/mol. The Bertz CT molecular complexity index is 1510. The number of hydrogen-bond acceptors (Lipinski definition) is 7. The zero-order valence-electron chi connectivity index (χ0n) is 20.0. The van der Waals surface area contributed by atoms with Gasteiger partial charge in [-0.2, -0.15) is 15.1 Å². The number of carbonyl (C=O) groups excluding carboxylic acids is 1. The number of carbonyl (C=O) groups is 1. The number of nitrogens with one attached hydrogen (secondary N) is 1. The van der Waals surface area contributed by atoms with Crippen molar-refractivity contribution in [1.82, 2.24) is 5.01 Å². The predicted octanol–water partition coefficient (Wildman–Crippen LogP) is 5.76. The number of para-hydroxylation sites is 1. The highest BCUT2D eigenvalue weighted by atomic mass is 35.5. The third kappa shape index (κ3) is 5.41. The van der Waals surface area contributed by atoms with Gasteiger partial charge in [0.1, 0.15) is 29.8 Å². The lowest BCUT2D eigenvalue weighted by Crippen LogP contribution is -2.35. The fraction of sp³-hybridized carbons (Fsp3) is 0.111. The summed E-state index contributed by atoms with van der Waals surface area (Å²) >= 11 is 7.63. The quantitative estimate of drug-likeness (QED) is 0.358. The first-order chi connectivity index (χ1) is 18.4. The SMILES string of the molecule is COc1cc(/C=C2/C(=N)N3N=C(COc4ccccc4)SC3=NC2=O)cc(Cl)c1OCc1ccccc1F. The molecule has 0 fully saturated rings. The molecule has 0 aliphatic carbocycles.